The van der Waals surface area contributed by atoms with E-state index in [9.17, 15) is 5.11 Å². The number of aliphatic hydroxyl groups excluding tert-OH is 2. The van der Waals surface area contributed by atoms with E-state index in [1.165, 1.54) is 12.8 Å². The van der Waals surface area contributed by atoms with Crippen molar-refractivity contribution in [2.45, 2.75) is 37.8 Å². The van der Waals surface area contributed by atoms with Gasteiger partial charge in [-0.15, -0.1) is 0 Å². The van der Waals surface area contributed by atoms with Gasteiger partial charge in [0.25, 0.3) is 0 Å². The van der Waals surface area contributed by atoms with Crippen molar-refractivity contribution in [3.05, 3.63) is 48.0 Å². The van der Waals surface area contributed by atoms with Crippen LogP contribution in [0.5, 0.6) is 0 Å². The Kier molecular flexibility index (Phi) is 13.0. The first kappa shape index (κ1) is 23.4. The minimum atomic E-state index is -0.454. The summed E-state index contributed by atoms with van der Waals surface area (Å²) in [6.07, 6.45) is 7.77. The van der Waals surface area contributed by atoms with E-state index >= 15 is 0 Å². The van der Waals surface area contributed by atoms with Crippen LogP contribution in [-0.4, -0.2) is 89.7 Å². The van der Waals surface area contributed by atoms with Crippen molar-refractivity contribution in [1.82, 2.24) is 4.90 Å². The number of likely N-dealkylation sites (tertiary alicyclic amines) is 1. The van der Waals surface area contributed by atoms with Gasteiger partial charge in [-0.1, -0.05) is 60.7 Å². The predicted octanol–water partition coefficient (Wildman–Crippen LogP) is 1.63. The Bertz CT molecular complexity index is 568. The van der Waals surface area contributed by atoms with Crippen LogP contribution in [0.3, 0.4) is 0 Å². The number of hydrogen-bond donors (Lipinski definition) is 2. The second-order valence-corrected chi connectivity index (χ2v) is 6.31. The van der Waals surface area contributed by atoms with E-state index in [4.69, 9.17) is 9.84 Å². The van der Waals surface area contributed by atoms with Crippen LogP contribution in [0, 0.1) is 11.8 Å². The summed E-state index contributed by atoms with van der Waals surface area (Å²) in [5.41, 5.74) is 1.15. The molecule has 4 nitrogen and oxygen atoms in total. The molecule has 26 heavy (non-hydrogen) atoms. The zero-order valence-electron chi connectivity index (χ0n) is 15.8. The maximum atomic E-state index is 10.2. The van der Waals surface area contributed by atoms with E-state index in [1.807, 2.05) is 36.4 Å². The minimum absolute atomic E-state index is 0. The number of aliphatic hydroxyl groups is 2. The predicted molar refractivity (Wildman–Crippen MR) is 106 cm³/mol. The van der Waals surface area contributed by atoms with E-state index < -0.39 is 6.10 Å². The van der Waals surface area contributed by atoms with Crippen LogP contribution in [-0.2, 0) is 11.2 Å². The molecule has 1 aliphatic rings. The summed E-state index contributed by atoms with van der Waals surface area (Å²) in [7, 11) is 0. The Morgan fingerprint density at radius 1 is 1.23 bits per heavy atom. The topological polar surface area (TPSA) is 52.9 Å². The first-order chi connectivity index (χ1) is 12.3. The van der Waals surface area contributed by atoms with Gasteiger partial charge in [-0.25, -0.2) is 0 Å². The van der Waals surface area contributed by atoms with Gasteiger partial charge in [0.2, 0.25) is 0 Å². The fourth-order valence-electron chi connectivity index (χ4n) is 3.01. The molecule has 0 aliphatic carbocycles. The average Bonchev–Trinajstić information content (AvgIpc) is 2.64. The maximum Gasteiger partial charge on any atom is 0.107 e. The molecule has 1 aromatic carbocycles. The molecule has 0 amide bonds. The Labute approximate surface area is 179 Å². The monoisotopic (exact) mass is 366 g/mol. The van der Waals surface area contributed by atoms with Gasteiger partial charge < -0.3 is 14.9 Å². The molecule has 2 N–H and O–H groups in total. The first-order valence-electron chi connectivity index (χ1n) is 9.08. The molecule has 1 radical (unpaired) electrons. The Balaban J connectivity index is 0.00000338. The van der Waals surface area contributed by atoms with Gasteiger partial charge in [0.15, 0.2) is 0 Å². The van der Waals surface area contributed by atoms with Crippen molar-refractivity contribution in [3.63, 3.8) is 0 Å². The van der Waals surface area contributed by atoms with Crippen LogP contribution in [0.4, 0.5) is 0 Å². The van der Waals surface area contributed by atoms with E-state index in [2.05, 4.69) is 22.8 Å². The molecule has 1 aromatic rings. The molecule has 1 unspecified atom stereocenters. The zero-order chi connectivity index (χ0) is 17.7. The zero-order valence-corrected chi connectivity index (χ0v) is 17.8. The number of piperidine rings is 1. The standard InChI is InChI=1S/C21H29NO3.Na/c23-15-17-25-16-7-6-14-22-13-5-4-10-20(22)11-12-21(24)18-19-8-2-1-3-9-19;/h1-3,8-9,11-12,20-21,23-24H,4-5,10,13-18H2;/b12-11+;/t20-,21?;/m1./s1. The summed E-state index contributed by atoms with van der Waals surface area (Å²) in [5.74, 6) is 6.13. The van der Waals surface area contributed by atoms with Gasteiger partial charge in [-0.05, 0) is 24.9 Å². The molecule has 0 aromatic heterocycles. The summed E-state index contributed by atoms with van der Waals surface area (Å²) in [4.78, 5) is 2.36. The summed E-state index contributed by atoms with van der Waals surface area (Å²) >= 11 is 0. The molecule has 2 rings (SSSR count). The second kappa shape index (κ2) is 14.4. The Morgan fingerprint density at radius 3 is 2.81 bits per heavy atom. The van der Waals surface area contributed by atoms with Crippen molar-refractivity contribution in [2.75, 3.05) is 32.9 Å². The molecule has 2 atom stereocenters. The number of nitrogens with zero attached hydrogens (tertiary/aromatic N) is 1. The largest absolute Gasteiger partial charge is 0.394 e. The molecule has 1 fully saturated rings. The molecule has 0 saturated carbocycles. The number of ether oxygens (including phenoxy) is 1. The third kappa shape index (κ3) is 9.34. The first-order valence-corrected chi connectivity index (χ1v) is 9.08. The number of hydrogen-bond acceptors (Lipinski definition) is 4. The van der Waals surface area contributed by atoms with E-state index in [0.717, 1.165) is 18.5 Å². The van der Waals surface area contributed by atoms with Gasteiger partial charge >= 0.3 is 0 Å². The summed E-state index contributed by atoms with van der Waals surface area (Å²) in [5, 5.41) is 18.9. The van der Waals surface area contributed by atoms with Crippen LogP contribution in [0.25, 0.3) is 0 Å². The molecular formula is C21H29NNaO3. The van der Waals surface area contributed by atoms with Crippen molar-refractivity contribution >= 4 is 29.6 Å². The van der Waals surface area contributed by atoms with Crippen LogP contribution in [0.1, 0.15) is 24.8 Å². The van der Waals surface area contributed by atoms with E-state index in [-0.39, 0.29) is 36.2 Å². The fraction of sp³-hybridized carbons (Fsp3) is 0.524. The molecule has 5 heteroatoms. The molecule has 137 valence electrons. The van der Waals surface area contributed by atoms with E-state index in [0.29, 0.717) is 32.2 Å². The molecule has 0 bridgehead atoms. The second-order valence-electron chi connectivity index (χ2n) is 6.31. The molecular weight excluding hydrogens is 337 g/mol. The normalized spacial score (nSPS) is 18.8. The average molecular weight is 366 g/mol. The summed E-state index contributed by atoms with van der Waals surface area (Å²) < 4.78 is 5.15. The molecule has 1 saturated heterocycles. The van der Waals surface area contributed by atoms with Crippen LogP contribution in [0.2, 0.25) is 0 Å². The molecule has 0 spiro atoms. The van der Waals surface area contributed by atoms with Gasteiger partial charge in [-0.3, -0.25) is 4.90 Å². The molecule has 1 heterocycles. The summed E-state index contributed by atoms with van der Waals surface area (Å²) in [6.45, 7) is 2.49. The third-order valence-electron chi connectivity index (χ3n) is 4.32. The van der Waals surface area contributed by atoms with E-state index in [1.54, 1.807) is 0 Å². The van der Waals surface area contributed by atoms with Crippen molar-refractivity contribution in [3.8, 4) is 11.8 Å². The maximum absolute atomic E-state index is 10.2. The van der Waals surface area contributed by atoms with Gasteiger partial charge in [0, 0.05) is 42.0 Å². The molecule has 1 aliphatic heterocycles. The Morgan fingerprint density at radius 2 is 2.04 bits per heavy atom. The van der Waals surface area contributed by atoms with Crippen molar-refractivity contribution < 1.29 is 14.9 Å². The van der Waals surface area contributed by atoms with Crippen LogP contribution >= 0.6 is 0 Å². The quantitative estimate of drug-likeness (QED) is 0.318. The third-order valence-corrected chi connectivity index (χ3v) is 4.32. The van der Waals surface area contributed by atoms with Gasteiger partial charge in [-0.2, -0.15) is 0 Å². The van der Waals surface area contributed by atoms with Gasteiger partial charge in [0.05, 0.1) is 25.9 Å². The van der Waals surface area contributed by atoms with Crippen molar-refractivity contribution in [2.24, 2.45) is 0 Å². The van der Waals surface area contributed by atoms with Crippen LogP contribution in [0.15, 0.2) is 42.5 Å². The SMILES string of the molecule is OCCOCC#CCN1CCCC[C@@H]1/C=C/C(O)Cc1ccccc1.[Na]. The number of rotatable bonds is 8. The summed E-state index contributed by atoms with van der Waals surface area (Å²) in [6, 6.07) is 10.4. The van der Waals surface area contributed by atoms with Crippen molar-refractivity contribution in [1.29, 1.82) is 0 Å². The van der Waals surface area contributed by atoms with Crippen LogP contribution < -0.4 is 0 Å². The Hall–Kier alpha value is -0.640. The number of benzene rings is 1. The fourth-order valence-corrected chi connectivity index (χ4v) is 3.01. The van der Waals surface area contributed by atoms with Gasteiger partial charge in [0.1, 0.15) is 6.61 Å². The smallest absolute Gasteiger partial charge is 0.107 e. The minimum Gasteiger partial charge on any atom is -0.394 e.